The molecule has 3 aromatic rings. The summed E-state index contributed by atoms with van der Waals surface area (Å²) >= 11 is 0. The molecular formula is C19H20N6O7. The molecule has 2 unspecified atom stereocenters. The van der Waals surface area contributed by atoms with Gasteiger partial charge in [-0.2, -0.15) is 4.68 Å². The van der Waals surface area contributed by atoms with E-state index in [0.717, 1.165) is 4.68 Å². The summed E-state index contributed by atoms with van der Waals surface area (Å²) in [7, 11) is 1.51. The zero-order valence-electron chi connectivity index (χ0n) is 17.2. The fourth-order valence-electron chi connectivity index (χ4n) is 3.32. The molecule has 32 heavy (non-hydrogen) atoms. The minimum absolute atomic E-state index is 0.0652. The number of benzene rings is 1. The van der Waals surface area contributed by atoms with E-state index in [1.54, 1.807) is 24.3 Å². The standard InChI is InChI=1S/C19H20N6O7/c1-10(26)31-9-13-7-8-14(32-13)24-19(28)16-15(21-23-24)17(22-25(16)29)20-18(27)11-3-5-12(30-2)6-4-11/h3-6,13-14,29H,7-9H2,1-2H3,(H,20,22,27). The van der Waals surface area contributed by atoms with Crippen LogP contribution < -0.4 is 15.6 Å². The number of anilines is 1. The maximum Gasteiger partial charge on any atom is 0.302 e. The molecular weight excluding hydrogens is 424 g/mol. The lowest BCUT2D eigenvalue weighted by Crippen LogP contribution is -2.30. The van der Waals surface area contributed by atoms with Gasteiger partial charge in [-0.15, -0.1) is 10.2 Å². The van der Waals surface area contributed by atoms with Gasteiger partial charge < -0.3 is 24.7 Å². The van der Waals surface area contributed by atoms with E-state index in [2.05, 4.69) is 20.7 Å². The van der Waals surface area contributed by atoms with Gasteiger partial charge in [0.15, 0.2) is 23.1 Å². The molecule has 2 N–H and O–H groups in total. The van der Waals surface area contributed by atoms with Crippen molar-refractivity contribution in [2.45, 2.75) is 32.1 Å². The second-order valence-corrected chi connectivity index (χ2v) is 7.05. The number of hydrogen-bond donors (Lipinski definition) is 2. The Balaban J connectivity index is 1.56. The molecule has 0 spiro atoms. The first-order valence-electron chi connectivity index (χ1n) is 9.69. The van der Waals surface area contributed by atoms with Gasteiger partial charge in [0.2, 0.25) is 0 Å². The van der Waals surface area contributed by atoms with Gasteiger partial charge in [0.05, 0.1) is 13.2 Å². The monoisotopic (exact) mass is 444 g/mol. The molecule has 2 atom stereocenters. The number of nitrogens with zero attached hydrogens (tertiary/aromatic N) is 5. The average molecular weight is 444 g/mol. The third-order valence-electron chi connectivity index (χ3n) is 4.91. The van der Waals surface area contributed by atoms with Crippen LogP contribution in [0.1, 0.15) is 36.4 Å². The summed E-state index contributed by atoms with van der Waals surface area (Å²) in [5.41, 5.74) is -0.735. The van der Waals surface area contributed by atoms with E-state index in [9.17, 15) is 19.6 Å². The van der Waals surface area contributed by atoms with Gasteiger partial charge in [0.1, 0.15) is 12.4 Å². The second kappa shape index (κ2) is 8.63. The molecule has 0 aliphatic carbocycles. The Hall–Kier alpha value is -4.00. The summed E-state index contributed by atoms with van der Waals surface area (Å²) in [5.74, 6) is -0.489. The highest BCUT2D eigenvalue weighted by Gasteiger charge is 2.31. The Kier molecular flexibility index (Phi) is 5.73. The van der Waals surface area contributed by atoms with Crippen molar-refractivity contribution in [3.8, 4) is 5.75 Å². The van der Waals surface area contributed by atoms with Gasteiger partial charge in [-0.05, 0) is 37.1 Å². The molecule has 1 saturated heterocycles. The highest BCUT2D eigenvalue weighted by Crippen LogP contribution is 2.27. The van der Waals surface area contributed by atoms with Crippen LogP contribution >= 0.6 is 0 Å². The van der Waals surface area contributed by atoms with E-state index in [0.29, 0.717) is 29.0 Å². The molecule has 1 fully saturated rings. The number of carbonyl (C=O) groups is 2. The second-order valence-electron chi connectivity index (χ2n) is 7.05. The number of carbonyl (C=O) groups excluding carboxylic acids is 2. The molecule has 4 rings (SSSR count). The van der Waals surface area contributed by atoms with Gasteiger partial charge in [0.25, 0.3) is 5.91 Å². The largest absolute Gasteiger partial charge is 0.497 e. The molecule has 2 aromatic heterocycles. The number of ether oxygens (including phenoxy) is 3. The lowest BCUT2D eigenvalue weighted by Gasteiger charge is -2.14. The number of amides is 1. The lowest BCUT2D eigenvalue weighted by molar-refractivity contribution is -0.145. The number of methoxy groups -OCH3 is 1. The number of rotatable bonds is 6. The third kappa shape index (κ3) is 4.09. The van der Waals surface area contributed by atoms with Crippen LogP contribution in [-0.2, 0) is 14.3 Å². The van der Waals surface area contributed by atoms with Crippen molar-refractivity contribution < 1.29 is 29.0 Å². The van der Waals surface area contributed by atoms with Crippen LogP contribution in [0.2, 0.25) is 0 Å². The van der Waals surface area contributed by atoms with Crippen LogP contribution in [0.25, 0.3) is 11.0 Å². The van der Waals surface area contributed by atoms with E-state index in [1.807, 2.05) is 0 Å². The average Bonchev–Trinajstić information content (AvgIpc) is 3.37. The van der Waals surface area contributed by atoms with Crippen molar-refractivity contribution in [1.82, 2.24) is 24.9 Å². The molecule has 168 valence electrons. The fourth-order valence-corrected chi connectivity index (χ4v) is 3.32. The van der Waals surface area contributed by atoms with Crippen LogP contribution in [0.15, 0.2) is 29.1 Å². The number of esters is 1. The Morgan fingerprint density at radius 1 is 1.28 bits per heavy atom. The maximum absolute atomic E-state index is 12.9. The van der Waals surface area contributed by atoms with E-state index >= 15 is 0 Å². The van der Waals surface area contributed by atoms with Crippen molar-refractivity contribution in [3.05, 3.63) is 40.2 Å². The summed E-state index contributed by atoms with van der Waals surface area (Å²) < 4.78 is 16.7. The minimum Gasteiger partial charge on any atom is -0.497 e. The van der Waals surface area contributed by atoms with E-state index in [-0.39, 0.29) is 29.6 Å². The van der Waals surface area contributed by atoms with Crippen LogP contribution in [0.3, 0.4) is 0 Å². The number of nitrogens with one attached hydrogen (secondary N) is 1. The molecule has 1 aliphatic heterocycles. The molecule has 0 radical (unpaired) electrons. The first kappa shape index (κ1) is 21.2. The Morgan fingerprint density at radius 2 is 2.03 bits per heavy atom. The highest BCUT2D eigenvalue weighted by atomic mass is 16.6. The fraction of sp³-hybridized carbons (Fsp3) is 0.368. The minimum atomic E-state index is -0.743. The predicted octanol–water partition coefficient (Wildman–Crippen LogP) is 0.727. The zero-order chi connectivity index (χ0) is 22.8. The summed E-state index contributed by atoms with van der Waals surface area (Å²) in [6.07, 6.45) is -0.142. The van der Waals surface area contributed by atoms with Crippen LogP contribution in [0.5, 0.6) is 5.75 Å². The molecule has 13 heteroatoms. The van der Waals surface area contributed by atoms with Gasteiger partial charge >= 0.3 is 11.5 Å². The van der Waals surface area contributed by atoms with E-state index < -0.39 is 23.7 Å². The van der Waals surface area contributed by atoms with Gasteiger partial charge in [0, 0.05) is 12.5 Å². The van der Waals surface area contributed by atoms with Crippen LogP contribution in [-0.4, -0.2) is 61.8 Å². The first-order chi connectivity index (χ1) is 15.4. The smallest absolute Gasteiger partial charge is 0.302 e. The molecule has 13 nitrogen and oxygen atoms in total. The third-order valence-corrected chi connectivity index (χ3v) is 4.91. The number of hydrogen-bond acceptors (Lipinski definition) is 10. The van der Waals surface area contributed by atoms with Crippen molar-refractivity contribution in [2.75, 3.05) is 19.0 Å². The van der Waals surface area contributed by atoms with Gasteiger partial charge in [-0.1, -0.05) is 10.1 Å². The lowest BCUT2D eigenvalue weighted by atomic mass is 10.2. The molecule has 0 saturated carbocycles. The van der Waals surface area contributed by atoms with Gasteiger partial charge in [-0.3, -0.25) is 14.4 Å². The molecule has 1 aliphatic rings. The quantitative estimate of drug-likeness (QED) is 0.410. The van der Waals surface area contributed by atoms with Crippen molar-refractivity contribution in [3.63, 3.8) is 0 Å². The van der Waals surface area contributed by atoms with E-state index in [1.165, 1.54) is 14.0 Å². The van der Waals surface area contributed by atoms with Crippen molar-refractivity contribution in [2.24, 2.45) is 0 Å². The molecule has 1 aromatic carbocycles. The normalized spacial score (nSPS) is 17.9. The SMILES string of the molecule is COc1ccc(C(=O)Nc2nn(O)c3c(=O)n(C4CCC(COC(C)=O)O4)nnc23)cc1. The van der Waals surface area contributed by atoms with Crippen LogP contribution in [0.4, 0.5) is 5.82 Å². The Morgan fingerprint density at radius 3 is 2.72 bits per heavy atom. The van der Waals surface area contributed by atoms with E-state index in [4.69, 9.17) is 14.2 Å². The Bertz CT molecular complexity index is 1220. The summed E-state index contributed by atoms with van der Waals surface area (Å²) in [4.78, 5) is 36.7. The summed E-state index contributed by atoms with van der Waals surface area (Å²) in [6.45, 7) is 1.36. The van der Waals surface area contributed by atoms with Gasteiger partial charge in [-0.25, -0.2) is 0 Å². The van der Waals surface area contributed by atoms with Crippen molar-refractivity contribution in [1.29, 1.82) is 0 Å². The number of fused-ring (bicyclic) bond motifs is 1. The zero-order valence-corrected chi connectivity index (χ0v) is 17.2. The Labute approximate surface area is 180 Å². The predicted molar refractivity (Wildman–Crippen MR) is 107 cm³/mol. The molecule has 3 heterocycles. The molecule has 0 bridgehead atoms. The first-order valence-corrected chi connectivity index (χ1v) is 9.69. The maximum atomic E-state index is 12.9. The summed E-state index contributed by atoms with van der Waals surface area (Å²) in [5, 5.41) is 24.3. The van der Waals surface area contributed by atoms with Crippen molar-refractivity contribution >= 4 is 28.7 Å². The topological polar surface area (TPSA) is 160 Å². The molecule has 1 amide bonds. The highest BCUT2D eigenvalue weighted by molar-refractivity contribution is 6.07. The summed E-state index contributed by atoms with van der Waals surface area (Å²) in [6, 6.07) is 6.34. The van der Waals surface area contributed by atoms with Crippen LogP contribution in [0, 0.1) is 0 Å². The number of aromatic nitrogens is 5.